The number of carbonyl (C=O) groups is 1. The van der Waals surface area contributed by atoms with Gasteiger partial charge in [-0.3, -0.25) is 4.79 Å². The summed E-state index contributed by atoms with van der Waals surface area (Å²) in [6.07, 6.45) is 0.972. The molecule has 0 aromatic heterocycles. The summed E-state index contributed by atoms with van der Waals surface area (Å²) < 4.78 is 5.51. The van der Waals surface area contributed by atoms with Crippen molar-refractivity contribution in [3.8, 4) is 6.07 Å². The number of carbonyl (C=O) groups excluding carboxylic acids is 1. The number of rotatable bonds is 2. The zero-order valence-electron chi connectivity index (χ0n) is 10.6. The standard InChI is InChI=1S/C12H15NO2.C2H3N/c14-11-7-13-8-12(15-9-11)6-10-4-2-1-3-5-10;1-2-3/h1-5,12-13H,6-9H2;1H3. The van der Waals surface area contributed by atoms with Gasteiger partial charge >= 0.3 is 0 Å². The van der Waals surface area contributed by atoms with E-state index in [9.17, 15) is 4.79 Å². The number of ketones is 1. The molecule has 1 aromatic carbocycles. The van der Waals surface area contributed by atoms with E-state index in [1.807, 2.05) is 18.2 Å². The molecule has 1 aliphatic rings. The molecule has 0 aliphatic carbocycles. The Morgan fingerprint density at radius 1 is 1.44 bits per heavy atom. The Labute approximate surface area is 108 Å². The van der Waals surface area contributed by atoms with Crippen molar-refractivity contribution in [1.82, 2.24) is 5.32 Å². The maximum absolute atomic E-state index is 11.1. The highest BCUT2D eigenvalue weighted by Crippen LogP contribution is 2.06. The third-order valence-electron chi connectivity index (χ3n) is 2.48. The second-order valence-corrected chi connectivity index (χ2v) is 4.02. The van der Waals surface area contributed by atoms with Crippen LogP contribution in [0.5, 0.6) is 0 Å². The molecule has 1 heterocycles. The summed E-state index contributed by atoms with van der Waals surface area (Å²) in [6, 6.07) is 11.9. The topological polar surface area (TPSA) is 62.1 Å². The average molecular weight is 246 g/mol. The van der Waals surface area contributed by atoms with Crippen LogP contribution in [0, 0.1) is 11.3 Å². The largest absolute Gasteiger partial charge is 0.369 e. The first kappa shape index (κ1) is 14.4. The van der Waals surface area contributed by atoms with Crippen molar-refractivity contribution < 1.29 is 9.53 Å². The molecule has 96 valence electrons. The SMILES string of the molecule is CC#N.O=C1CNCC(Cc2ccccc2)OC1. The van der Waals surface area contributed by atoms with E-state index in [-0.39, 0.29) is 18.5 Å². The second-order valence-electron chi connectivity index (χ2n) is 4.02. The van der Waals surface area contributed by atoms with Gasteiger partial charge in [-0.1, -0.05) is 30.3 Å². The summed E-state index contributed by atoms with van der Waals surface area (Å²) >= 11 is 0. The molecule has 1 N–H and O–H groups in total. The van der Waals surface area contributed by atoms with E-state index in [1.54, 1.807) is 6.07 Å². The number of ether oxygens (including phenoxy) is 1. The minimum absolute atomic E-state index is 0.110. The van der Waals surface area contributed by atoms with Crippen LogP contribution in [-0.2, 0) is 16.0 Å². The Morgan fingerprint density at radius 3 is 2.78 bits per heavy atom. The summed E-state index contributed by atoms with van der Waals surface area (Å²) in [7, 11) is 0. The number of nitriles is 1. The highest BCUT2D eigenvalue weighted by molar-refractivity contribution is 5.81. The summed E-state index contributed by atoms with van der Waals surface area (Å²) in [5.74, 6) is 0.130. The van der Waals surface area contributed by atoms with Crippen LogP contribution in [0.15, 0.2) is 30.3 Å². The molecule has 0 radical (unpaired) electrons. The molecule has 1 aromatic rings. The normalized spacial score (nSPS) is 19.1. The van der Waals surface area contributed by atoms with E-state index in [2.05, 4.69) is 17.4 Å². The Bertz CT molecular complexity index is 398. The van der Waals surface area contributed by atoms with Crippen molar-refractivity contribution in [3.05, 3.63) is 35.9 Å². The summed E-state index contributed by atoms with van der Waals surface area (Å²) in [5.41, 5.74) is 1.25. The highest BCUT2D eigenvalue weighted by Gasteiger charge is 2.16. The summed E-state index contributed by atoms with van der Waals surface area (Å²) in [6.45, 7) is 2.86. The number of benzene rings is 1. The van der Waals surface area contributed by atoms with Gasteiger partial charge in [0, 0.05) is 13.5 Å². The lowest BCUT2D eigenvalue weighted by molar-refractivity contribution is -0.122. The lowest BCUT2D eigenvalue weighted by Gasteiger charge is -2.14. The van der Waals surface area contributed by atoms with Crippen LogP contribution in [0.3, 0.4) is 0 Å². The van der Waals surface area contributed by atoms with E-state index < -0.39 is 0 Å². The number of nitrogens with one attached hydrogen (secondary N) is 1. The predicted molar refractivity (Wildman–Crippen MR) is 69.0 cm³/mol. The van der Waals surface area contributed by atoms with Crippen molar-refractivity contribution in [3.63, 3.8) is 0 Å². The molecule has 18 heavy (non-hydrogen) atoms. The van der Waals surface area contributed by atoms with Gasteiger partial charge in [0.2, 0.25) is 0 Å². The number of Topliss-reactive ketones (excluding diaryl/α,β-unsaturated/α-hetero) is 1. The molecule has 0 spiro atoms. The predicted octanol–water partition coefficient (Wildman–Crippen LogP) is 1.32. The first-order valence-electron chi connectivity index (χ1n) is 5.95. The number of hydrogen-bond donors (Lipinski definition) is 1. The van der Waals surface area contributed by atoms with Gasteiger partial charge in [0.25, 0.3) is 0 Å². The average Bonchev–Trinajstić information content (AvgIpc) is 2.57. The van der Waals surface area contributed by atoms with Gasteiger partial charge in [-0.15, -0.1) is 0 Å². The molecule has 2 rings (SSSR count). The van der Waals surface area contributed by atoms with Crippen LogP contribution in [0.4, 0.5) is 0 Å². The lowest BCUT2D eigenvalue weighted by Crippen LogP contribution is -2.28. The zero-order chi connectivity index (χ0) is 13.2. The van der Waals surface area contributed by atoms with Crippen molar-refractivity contribution in [1.29, 1.82) is 5.26 Å². The van der Waals surface area contributed by atoms with Crippen LogP contribution in [0.25, 0.3) is 0 Å². The quantitative estimate of drug-likeness (QED) is 0.854. The Hall–Kier alpha value is -1.70. The van der Waals surface area contributed by atoms with Crippen LogP contribution in [-0.4, -0.2) is 31.6 Å². The molecule has 1 atom stereocenters. The van der Waals surface area contributed by atoms with Crippen LogP contribution >= 0.6 is 0 Å². The Kier molecular flexibility index (Phi) is 6.70. The molecule has 1 aliphatic heterocycles. The van der Waals surface area contributed by atoms with E-state index >= 15 is 0 Å². The van der Waals surface area contributed by atoms with E-state index in [4.69, 9.17) is 10.00 Å². The number of hydrogen-bond acceptors (Lipinski definition) is 4. The van der Waals surface area contributed by atoms with E-state index in [0.29, 0.717) is 6.54 Å². The lowest BCUT2D eigenvalue weighted by atomic mass is 10.1. The maximum Gasteiger partial charge on any atom is 0.172 e. The Balaban J connectivity index is 0.000000492. The fraction of sp³-hybridized carbons (Fsp3) is 0.429. The van der Waals surface area contributed by atoms with Crippen molar-refractivity contribution in [2.24, 2.45) is 0 Å². The van der Waals surface area contributed by atoms with Crippen LogP contribution in [0.1, 0.15) is 12.5 Å². The zero-order valence-corrected chi connectivity index (χ0v) is 10.6. The smallest absolute Gasteiger partial charge is 0.172 e. The highest BCUT2D eigenvalue weighted by atomic mass is 16.5. The molecule has 4 heteroatoms. The molecule has 0 amide bonds. The van der Waals surface area contributed by atoms with Crippen molar-refractivity contribution >= 4 is 5.78 Å². The van der Waals surface area contributed by atoms with Gasteiger partial charge in [0.15, 0.2) is 5.78 Å². The van der Waals surface area contributed by atoms with E-state index in [0.717, 1.165) is 13.0 Å². The number of nitrogens with zero attached hydrogens (tertiary/aromatic N) is 1. The molecule has 0 bridgehead atoms. The molecule has 4 nitrogen and oxygen atoms in total. The van der Waals surface area contributed by atoms with Gasteiger partial charge in [0.1, 0.15) is 6.61 Å². The van der Waals surface area contributed by atoms with E-state index in [1.165, 1.54) is 12.5 Å². The third-order valence-corrected chi connectivity index (χ3v) is 2.48. The first-order valence-corrected chi connectivity index (χ1v) is 5.95. The minimum atomic E-state index is 0.110. The van der Waals surface area contributed by atoms with Crippen molar-refractivity contribution in [2.45, 2.75) is 19.4 Å². The van der Waals surface area contributed by atoms with Crippen LogP contribution in [0.2, 0.25) is 0 Å². The molecule has 1 fully saturated rings. The molecule has 1 unspecified atom stereocenters. The van der Waals surface area contributed by atoms with Gasteiger partial charge in [-0.2, -0.15) is 5.26 Å². The fourth-order valence-electron chi connectivity index (χ4n) is 1.70. The third kappa shape index (κ3) is 5.58. The van der Waals surface area contributed by atoms with Gasteiger partial charge in [0.05, 0.1) is 18.7 Å². The molecule has 0 saturated carbocycles. The summed E-state index contributed by atoms with van der Waals surface area (Å²) in [4.78, 5) is 11.1. The van der Waals surface area contributed by atoms with Gasteiger partial charge in [-0.05, 0) is 12.0 Å². The Morgan fingerprint density at radius 2 is 2.11 bits per heavy atom. The fourth-order valence-corrected chi connectivity index (χ4v) is 1.70. The van der Waals surface area contributed by atoms with Gasteiger partial charge in [-0.25, -0.2) is 0 Å². The molecular formula is C14H18N2O2. The maximum atomic E-state index is 11.1. The first-order chi connectivity index (χ1) is 8.76. The van der Waals surface area contributed by atoms with Gasteiger partial charge < -0.3 is 10.1 Å². The second kappa shape index (κ2) is 8.40. The minimum Gasteiger partial charge on any atom is -0.369 e. The monoisotopic (exact) mass is 246 g/mol. The molecule has 1 saturated heterocycles. The molecular weight excluding hydrogens is 228 g/mol. The van der Waals surface area contributed by atoms with Crippen LogP contribution < -0.4 is 5.32 Å². The summed E-state index contributed by atoms with van der Waals surface area (Å²) in [5, 5.41) is 10.4. The van der Waals surface area contributed by atoms with Crippen molar-refractivity contribution in [2.75, 3.05) is 19.7 Å².